The molecule has 104 valence electrons. The maximum atomic E-state index is 13.6. The highest BCUT2D eigenvalue weighted by Gasteiger charge is 2.37. The van der Waals surface area contributed by atoms with Crippen molar-refractivity contribution >= 4 is 27.5 Å². The van der Waals surface area contributed by atoms with Crippen molar-refractivity contribution in [2.24, 2.45) is 11.1 Å². The van der Waals surface area contributed by atoms with Crippen LogP contribution in [-0.4, -0.2) is 12.5 Å². The summed E-state index contributed by atoms with van der Waals surface area (Å²) in [6, 6.07) is 1.85. The number of amides is 1. The van der Waals surface area contributed by atoms with E-state index >= 15 is 0 Å². The van der Waals surface area contributed by atoms with Gasteiger partial charge in [0.1, 0.15) is 5.82 Å². The predicted molar refractivity (Wildman–Crippen MR) is 72.6 cm³/mol. The summed E-state index contributed by atoms with van der Waals surface area (Å²) in [5.41, 5.74) is 5.50. The van der Waals surface area contributed by atoms with Gasteiger partial charge in [-0.05, 0) is 46.8 Å². The molecule has 1 aromatic carbocycles. The number of carbonyl (C=O) groups excluding carboxylic acids is 1. The lowest BCUT2D eigenvalue weighted by atomic mass is 9.66. The van der Waals surface area contributed by atoms with Crippen LogP contribution in [0.5, 0.6) is 0 Å². The van der Waals surface area contributed by atoms with Gasteiger partial charge in [-0.25, -0.2) is 8.78 Å². The summed E-state index contributed by atoms with van der Waals surface area (Å²) in [7, 11) is 0. The molecule has 3 nitrogen and oxygen atoms in total. The lowest BCUT2D eigenvalue weighted by Crippen LogP contribution is -2.40. The van der Waals surface area contributed by atoms with Crippen LogP contribution < -0.4 is 11.1 Å². The Kier molecular flexibility index (Phi) is 4.20. The average molecular weight is 333 g/mol. The fourth-order valence-corrected chi connectivity index (χ4v) is 2.82. The summed E-state index contributed by atoms with van der Waals surface area (Å²) in [6.45, 7) is 0.452. The number of halogens is 3. The summed E-state index contributed by atoms with van der Waals surface area (Å²) in [4.78, 5) is 11.9. The van der Waals surface area contributed by atoms with E-state index in [9.17, 15) is 13.6 Å². The van der Waals surface area contributed by atoms with E-state index in [0.29, 0.717) is 6.54 Å². The normalized spacial score (nSPS) is 16.8. The third kappa shape index (κ3) is 3.12. The smallest absolute Gasteiger partial charge is 0.225 e. The maximum Gasteiger partial charge on any atom is 0.225 e. The number of benzene rings is 1. The molecular weight excluding hydrogens is 318 g/mol. The fraction of sp³-hybridized carbons (Fsp3) is 0.462. The molecule has 1 aliphatic carbocycles. The summed E-state index contributed by atoms with van der Waals surface area (Å²) in [5, 5.41) is 2.48. The fourth-order valence-electron chi connectivity index (χ4n) is 2.32. The number of carbonyl (C=O) groups is 1. The van der Waals surface area contributed by atoms with Crippen molar-refractivity contribution in [1.82, 2.24) is 0 Å². The molecule has 2 rings (SSSR count). The minimum Gasteiger partial charge on any atom is -0.330 e. The van der Waals surface area contributed by atoms with Crippen LogP contribution >= 0.6 is 15.9 Å². The first kappa shape index (κ1) is 14.4. The third-order valence-electron chi connectivity index (χ3n) is 3.65. The van der Waals surface area contributed by atoms with E-state index in [1.54, 1.807) is 0 Å². The molecule has 1 aromatic rings. The highest BCUT2D eigenvalue weighted by Crippen LogP contribution is 2.43. The monoisotopic (exact) mass is 332 g/mol. The van der Waals surface area contributed by atoms with Crippen LogP contribution in [0.25, 0.3) is 0 Å². The van der Waals surface area contributed by atoms with Crippen molar-refractivity contribution < 1.29 is 13.6 Å². The Balaban J connectivity index is 2.07. The van der Waals surface area contributed by atoms with Crippen LogP contribution in [0.1, 0.15) is 25.7 Å². The van der Waals surface area contributed by atoms with Crippen molar-refractivity contribution in [2.75, 3.05) is 11.9 Å². The van der Waals surface area contributed by atoms with Gasteiger partial charge in [-0.1, -0.05) is 6.42 Å². The molecular formula is C13H15BrF2N2O. The molecule has 0 radical (unpaired) electrons. The Bertz CT molecular complexity index is 475. The minimum absolute atomic E-state index is 0.0297. The third-order valence-corrected chi connectivity index (χ3v) is 4.28. The standard InChI is InChI=1S/C13H15BrF2N2O/c14-9-4-8(15)5-10(16)12(9)18-11(19)6-13(7-17)2-1-3-13/h4-5H,1-3,6-7,17H2,(H,18,19). The largest absolute Gasteiger partial charge is 0.330 e. The molecule has 19 heavy (non-hydrogen) atoms. The summed E-state index contributed by atoms with van der Waals surface area (Å²) in [5.74, 6) is -1.79. The highest BCUT2D eigenvalue weighted by molar-refractivity contribution is 9.10. The number of rotatable bonds is 4. The molecule has 0 bridgehead atoms. The van der Waals surface area contributed by atoms with Gasteiger partial charge in [0.15, 0.2) is 5.82 Å². The van der Waals surface area contributed by atoms with Gasteiger partial charge in [0.05, 0.1) is 5.69 Å². The molecule has 6 heteroatoms. The van der Waals surface area contributed by atoms with E-state index in [4.69, 9.17) is 5.73 Å². The molecule has 0 saturated heterocycles. The Morgan fingerprint density at radius 3 is 2.58 bits per heavy atom. The van der Waals surface area contributed by atoms with Crippen LogP contribution in [0, 0.1) is 17.0 Å². The maximum absolute atomic E-state index is 13.6. The van der Waals surface area contributed by atoms with Crippen molar-refractivity contribution in [3.05, 3.63) is 28.2 Å². The minimum atomic E-state index is -0.796. The quantitative estimate of drug-likeness (QED) is 0.889. The van der Waals surface area contributed by atoms with Gasteiger partial charge < -0.3 is 11.1 Å². The Labute approximate surface area is 118 Å². The van der Waals surface area contributed by atoms with Gasteiger partial charge in [0.2, 0.25) is 5.91 Å². The van der Waals surface area contributed by atoms with E-state index in [-0.39, 0.29) is 27.9 Å². The molecule has 0 unspecified atom stereocenters. The Morgan fingerprint density at radius 1 is 1.42 bits per heavy atom. The van der Waals surface area contributed by atoms with Crippen LogP contribution in [0.2, 0.25) is 0 Å². The van der Waals surface area contributed by atoms with Crippen molar-refractivity contribution in [3.8, 4) is 0 Å². The van der Waals surface area contributed by atoms with Crippen LogP contribution in [-0.2, 0) is 4.79 Å². The zero-order valence-corrected chi connectivity index (χ0v) is 11.9. The summed E-state index contributed by atoms with van der Waals surface area (Å²) < 4.78 is 26.7. The molecule has 0 heterocycles. The number of hydrogen-bond acceptors (Lipinski definition) is 2. The second kappa shape index (κ2) is 5.54. The topological polar surface area (TPSA) is 55.1 Å². The van der Waals surface area contributed by atoms with Crippen LogP contribution in [0.4, 0.5) is 14.5 Å². The van der Waals surface area contributed by atoms with E-state index in [1.165, 1.54) is 0 Å². The van der Waals surface area contributed by atoms with Crippen LogP contribution in [0.3, 0.4) is 0 Å². The Morgan fingerprint density at radius 2 is 2.11 bits per heavy atom. The Hall–Kier alpha value is -1.01. The first-order valence-electron chi connectivity index (χ1n) is 6.10. The van der Waals surface area contributed by atoms with Crippen LogP contribution in [0.15, 0.2) is 16.6 Å². The number of hydrogen-bond donors (Lipinski definition) is 2. The summed E-state index contributed by atoms with van der Waals surface area (Å²) >= 11 is 3.03. The van der Waals surface area contributed by atoms with E-state index < -0.39 is 11.6 Å². The molecule has 1 saturated carbocycles. The van der Waals surface area contributed by atoms with E-state index in [1.807, 2.05) is 0 Å². The SMILES string of the molecule is NCC1(CC(=O)Nc2c(F)cc(F)cc2Br)CCC1. The van der Waals surface area contributed by atoms with Gasteiger partial charge >= 0.3 is 0 Å². The zero-order chi connectivity index (χ0) is 14.0. The van der Waals surface area contributed by atoms with E-state index in [2.05, 4.69) is 21.2 Å². The van der Waals surface area contributed by atoms with Crippen molar-refractivity contribution in [2.45, 2.75) is 25.7 Å². The van der Waals surface area contributed by atoms with Gasteiger partial charge in [-0.3, -0.25) is 4.79 Å². The molecule has 1 fully saturated rings. The zero-order valence-electron chi connectivity index (χ0n) is 10.3. The van der Waals surface area contributed by atoms with Gasteiger partial charge in [0.25, 0.3) is 0 Å². The number of nitrogens with one attached hydrogen (secondary N) is 1. The molecule has 0 aliphatic heterocycles. The van der Waals surface area contributed by atoms with E-state index in [0.717, 1.165) is 31.4 Å². The molecule has 1 amide bonds. The van der Waals surface area contributed by atoms with Crippen molar-refractivity contribution in [3.63, 3.8) is 0 Å². The molecule has 0 atom stereocenters. The second-order valence-electron chi connectivity index (χ2n) is 5.03. The van der Waals surface area contributed by atoms with Gasteiger partial charge in [-0.15, -0.1) is 0 Å². The number of nitrogens with two attached hydrogens (primary N) is 1. The number of anilines is 1. The molecule has 0 aromatic heterocycles. The van der Waals surface area contributed by atoms with Gasteiger partial charge in [-0.2, -0.15) is 0 Å². The van der Waals surface area contributed by atoms with Crippen molar-refractivity contribution in [1.29, 1.82) is 0 Å². The second-order valence-corrected chi connectivity index (χ2v) is 5.88. The van der Waals surface area contributed by atoms with Gasteiger partial charge in [0, 0.05) is 17.0 Å². The highest BCUT2D eigenvalue weighted by atomic mass is 79.9. The molecule has 0 spiro atoms. The molecule has 3 N–H and O–H groups in total. The first-order chi connectivity index (χ1) is 8.96. The first-order valence-corrected chi connectivity index (χ1v) is 6.89. The lowest BCUT2D eigenvalue weighted by molar-refractivity contribution is -0.119. The molecule has 1 aliphatic rings. The predicted octanol–water partition coefficient (Wildman–Crippen LogP) is 3.18. The summed E-state index contributed by atoms with van der Waals surface area (Å²) in [6.07, 6.45) is 3.18. The lowest BCUT2D eigenvalue weighted by Gasteiger charge is -2.40. The average Bonchev–Trinajstić information content (AvgIpc) is 2.28.